The number of amides is 2. The van der Waals surface area contributed by atoms with E-state index in [4.69, 9.17) is 4.74 Å². The second-order valence-corrected chi connectivity index (χ2v) is 3.99. The first-order chi connectivity index (χ1) is 10.9. The van der Waals surface area contributed by atoms with Crippen LogP contribution in [0.3, 0.4) is 0 Å². The number of hydrogen-bond acceptors (Lipinski definition) is 8. The molecule has 2 amide bonds. The van der Waals surface area contributed by atoms with E-state index in [0.717, 1.165) is 6.07 Å². The molecule has 0 atom stereocenters. The largest absolute Gasteiger partial charge is 0.490 e. The Balaban J connectivity index is 2.68. The third kappa shape index (κ3) is 5.26. The Hall–Kier alpha value is -3.17. The average molecular weight is 326 g/mol. The third-order valence-electron chi connectivity index (χ3n) is 2.46. The number of imide groups is 1. The van der Waals surface area contributed by atoms with Gasteiger partial charge in [-0.1, -0.05) is 0 Å². The van der Waals surface area contributed by atoms with Crippen LogP contribution in [0.2, 0.25) is 0 Å². The summed E-state index contributed by atoms with van der Waals surface area (Å²) in [6, 6.07) is 3.44. The molecule has 0 saturated heterocycles. The van der Waals surface area contributed by atoms with Crippen LogP contribution < -0.4 is 10.1 Å². The van der Waals surface area contributed by atoms with Crippen LogP contribution in [-0.4, -0.2) is 43.2 Å². The smallest absolute Gasteiger partial charge is 0.413 e. The Labute approximate surface area is 130 Å². The van der Waals surface area contributed by atoms with E-state index in [-0.39, 0.29) is 17.9 Å². The fourth-order valence-electron chi connectivity index (χ4n) is 1.49. The fourth-order valence-corrected chi connectivity index (χ4v) is 1.49. The number of nitrogens with zero attached hydrogens (tertiary/aromatic N) is 1. The van der Waals surface area contributed by atoms with E-state index < -0.39 is 35.2 Å². The van der Waals surface area contributed by atoms with E-state index in [1.165, 1.54) is 19.2 Å². The number of alkyl carbamates (subject to hydrolysis) is 1. The molecule has 0 heterocycles. The molecule has 0 unspecified atom stereocenters. The zero-order valence-corrected chi connectivity index (χ0v) is 12.4. The van der Waals surface area contributed by atoms with Crippen LogP contribution in [0.15, 0.2) is 18.2 Å². The van der Waals surface area contributed by atoms with Crippen molar-refractivity contribution in [2.24, 2.45) is 0 Å². The van der Waals surface area contributed by atoms with Crippen molar-refractivity contribution >= 4 is 23.7 Å². The number of nitrogens with one attached hydrogen (secondary N) is 1. The highest BCUT2D eigenvalue weighted by molar-refractivity contribution is 5.95. The molecule has 10 nitrogen and oxygen atoms in total. The number of nitro benzene ring substituents is 1. The van der Waals surface area contributed by atoms with Crippen LogP contribution in [-0.2, 0) is 14.3 Å². The van der Waals surface area contributed by atoms with Crippen LogP contribution in [0.5, 0.6) is 5.75 Å². The maximum absolute atomic E-state index is 11.8. The first kappa shape index (κ1) is 17.9. The van der Waals surface area contributed by atoms with E-state index in [9.17, 15) is 24.5 Å². The summed E-state index contributed by atoms with van der Waals surface area (Å²) < 4.78 is 13.9. The Morgan fingerprint density at radius 1 is 1.26 bits per heavy atom. The minimum absolute atomic E-state index is 0.0217. The van der Waals surface area contributed by atoms with E-state index in [2.05, 4.69) is 9.47 Å². The SMILES string of the molecule is CCOC(=O)NC(=O)COC(=O)c1ccc(OC)c([N+](=O)[O-])c1. The minimum atomic E-state index is -0.964. The van der Waals surface area contributed by atoms with Gasteiger partial charge in [-0.3, -0.25) is 20.2 Å². The van der Waals surface area contributed by atoms with Gasteiger partial charge in [-0.2, -0.15) is 0 Å². The lowest BCUT2D eigenvalue weighted by molar-refractivity contribution is -0.385. The summed E-state index contributed by atoms with van der Waals surface area (Å²) in [5.41, 5.74) is -0.556. The Morgan fingerprint density at radius 2 is 1.96 bits per heavy atom. The summed E-state index contributed by atoms with van der Waals surface area (Å²) in [7, 11) is 1.25. The van der Waals surface area contributed by atoms with Crippen molar-refractivity contribution in [3.05, 3.63) is 33.9 Å². The lowest BCUT2D eigenvalue weighted by Crippen LogP contribution is -2.34. The molecule has 0 aliphatic heterocycles. The van der Waals surface area contributed by atoms with Gasteiger partial charge >= 0.3 is 17.7 Å². The number of carbonyl (C=O) groups excluding carboxylic acids is 3. The van der Waals surface area contributed by atoms with Crippen molar-refractivity contribution in [3.8, 4) is 5.75 Å². The van der Waals surface area contributed by atoms with Crippen molar-refractivity contribution in [3.63, 3.8) is 0 Å². The van der Waals surface area contributed by atoms with Gasteiger partial charge < -0.3 is 14.2 Å². The highest BCUT2D eigenvalue weighted by atomic mass is 16.6. The molecule has 0 fully saturated rings. The molecular weight excluding hydrogens is 312 g/mol. The number of methoxy groups -OCH3 is 1. The van der Waals surface area contributed by atoms with Gasteiger partial charge in [0, 0.05) is 6.07 Å². The van der Waals surface area contributed by atoms with Crippen LogP contribution in [0.25, 0.3) is 0 Å². The zero-order chi connectivity index (χ0) is 17.4. The molecule has 0 radical (unpaired) electrons. The number of hydrogen-bond donors (Lipinski definition) is 1. The van der Waals surface area contributed by atoms with Gasteiger partial charge in [0.2, 0.25) is 0 Å². The maximum atomic E-state index is 11.8. The Kier molecular flexibility index (Phi) is 6.46. The van der Waals surface area contributed by atoms with Gasteiger partial charge in [-0.15, -0.1) is 0 Å². The number of nitro groups is 1. The summed E-state index contributed by atoms with van der Waals surface area (Å²) in [5, 5.41) is 12.7. The molecule has 1 aromatic rings. The van der Waals surface area contributed by atoms with Gasteiger partial charge in [0.1, 0.15) is 0 Å². The second kappa shape index (κ2) is 8.32. The topological polar surface area (TPSA) is 134 Å². The number of ether oxygens (including phenoxy) is 3. The number of benzene rings is 1. The highest BCUT2D eigenvalue weighted by Crippen LogP contribution is 2.27. The van der Waals surface area contributed by atoms with Gasteiger partial charge in [0.15, 0.2) is 12.4 Å². The number of carbonyl (C=O) groups is 3. The van der Waals surface area contributed by atoms with Gasteiger partial charge in [0.05, 0.1) is 24.2 Å². The fraction of sp³-hybridized carbons (Fsp3) is 0.308. The molecule has 0 aromatic heterocycles. The second-order valence-electron chi connectivity index (χ2n) is 3.99. The molecule has 0 bridgehead atoms. The molecular formula is C13H14N2O8. The number of rotatable bonds is 6. The lowest BCUT2D eigenvalue weighted by atomic mass is 10.2. The lowest BCUT2D eigenvalue weighted by Gasteiger charge is -2.07. The first-order valence-electron chi connectivity index (χ1n) is 6.35. The van der Waals surface area contributed by atoms with Crippen LogP contribution >= 0.6 is 0 Å². The van der Waals surface area contributed by atoms with E-state index in [1.54, 1.807) is 6.92 Å². The van der Waals surface area contributed by atoms with E-state index in [1.807, 2.05) is 5.32 Å². The molecule has 0 aliphatic rings. The van der Waals surface area contributed by atoms with Gasteiger partial charge in [0.25, 0.3) is 5.91 Å². The zero-order valence-electron chi connectivity index (χ0n) is 12.4. The third-order valence-corrected chi connectivity index (χ3v) is 2.46. The Bertz CT molecular complexity index is 628. The molecule has 0 aliphatic carbocycles. The molecule has 124 valence electrons. The van der Waals surface area contributed by atoms with Gasteiger partial charge in [-0.25, -0.2) is 9.59 Å². The van der Waals surface area contributed by atoms with E-state index >= 15 is 0 Å². The normalized spacial score (nSPS) is 9.65. The summed E-state index contributed by atoms with van der Waals surface area (Å²) in [6.45, 7) is 0.895. The van der Waals surface area contributed by atoms with Crippen LogP contribution in [0.4, 0.5) is 10.5 Å². The minimum Gasteiger partial charge on any atom is -0.490 e. The quantitative estimate of drug-likeness (QED) is 0.465. The van der Waals surface area contributed by atoms with Crippen molar-refractivity contribution in [1.82, 2.24) is 5.32 Å². The first-order valence-corrected chi connectivity index (χ1v) is 6.35. The summed E-state index contributed by atoms with van der Waals surface area (Å²) in [4.78, 5) is 44.2. The van der Waals surface area contributed by atoms with Crippen molar-refractivity contribution in [2.45, 2.75) is 6.92 Å². The van der Waals surface area contributed by atoms with Gasteiger partial charge in [-0.05, 0) is 19.1 Å². The Morgan fingerprint density at radius 3 is 2.52 bits per heavy atom. The van der Waals surface area contributed by atoms with Crippen LogP contribution in [0, 0.1) is 10.1 Å². The number of esters is 1. The summed E-state index contributed by atoms with van der Waals surface area (Å²) in [5.74, 6) is -1.87. The van der Waals surface area contributed by atoms with Crippen molar-refractivity contribution < 1.29 is 33.5 Å². The molecule has 1 N–H and O–H groups in total. The molecule has 10 heteroatoms. The molecule has 0 spiro atoms. The van der Waals surface area contributed by atoms with E-state index in [0.29, 0.717) is 0 Å². The highest BCUT2D eigenvalue weighted by Gasteiger charge is 2.19. The summed E-state index contributed by atoms with van der Waals surface area (Å²) in [6.07, 6.45) is -0.964. The monoisotopic (exact) mass is 326 g/mol. The van der Waals surface area contributed by atoms with Crippen molar-refractivity contribution in [1.29, 1.82) is 0 Å². The summed E-state index contributed by atoms with van der Waals surface area (Å²) >= 11 is 0. The average Bonchev–Trinajstić information content (AvgIpc) is 2.52. The predicted molar refractivity (Wildman–Crippen MR) is 75.1 cm³/mol. The molecule has 23 heavy (non-hydrogen) atoms. The maximum Gasteiger partial charge on any atom is 0.413 e. The predicted octanol–water partition coefficient (Wildman–Crippen LogP) is 1.03. The standard InChI is InChI=1S/C13H14N2O8/c1-3-22-13(18)14-11(16)7-23-12(17)8-4-5-10(21-2)9(6-8)15(19)20/h4-6H,3,7H2,1-2H3,(H,14,16,18). The molecule has 0 saturated carbocycles. The molecule has 1 rings (SSSR count). The van der Waals surface area contributed by atoms with Crippen LogP contribution in [0.1, 0.15) is 17.3 Å². The molecule has 1 aromatic carbocycles. The van der Waals surface area contributed by atoms with Crippen molar-refractivity contribution in [2.75, 3.05) is 20.3 Å².